The van der Waals surface area contributed by atoms with Crippen molar-refractivity contribution in [1.29, 1.82) is 0 Å². The van der Waals surface area contributed by atoms with Crippen molar-refractivity contribution in [2.24, 2.45) is 5.92 Å². The van der Waals surface area contributed by atoms with Crippen LogP contribution in [-0.2, 0) is 25.5 Å². The van der Waals surface area contributed by atoms with E-state index < -0.39 is 17.7 Å². The van der Waals surface area contributed by atoms with Gasteiger partial charge in [-0.3, -0.25) is 9.59 Å². The Kier molecular flexibility index (Phi) is 8.20. The van der Waals surface area contributed by atoms with E-state index in [-0.39, 0.29) is 23.7 Å². The fourth-order valence-corrected chi connectivity index (χ4v) is 3.07. The first-order valence-corrected chi connectivity index (χ1v) is 10.3. The van der Waals surface area contributed by atoms with Crippen molar-refractivity contribution in [1.82, 2.24) is 10.2 Å². The summed E-state index contributed by atoms with van der Waals surface area (Å²) in [5.74, 6) is -1.46. The molecule has 1 atom stereocenters. The van der Waals surface area contributed by atoms with Crippen LogP contribution in [0.3, 0.4) is 0 Å². The van der Waals surface area contributed by atoms with Gasteiger partial charge in [-0.2, -0.15) is 0 Å². The lowest BCUT2D eigenvalue weighted by molar-refractivity contribution is -0.160. The topological polar surface area (TPSA) is 84.9 Å². The van der Waals surface area contributed by atoms with E-state index in [4.69, 9.17) is 9.47 Å². The van der Waals surface area contributed by atoms with Crippen molar-refractivity contribution in [2.45, 2.75) is 58.7 Å². The number of carbonyl (C=O) groups is 3. The van der Waals surface area contributed by atoms with Crippen LogP contribution < -0.4 is 5.32 Å². The molecule has 1 saturated heterocycles. The summed E-state index contributed by atoms with van der Waals surface area (Å²) in [5, 5.41) is 2.72. The molecule has 1 N–H and O–H groups in total. The van der Waals surface area contributed by atoms with Crippen LogP contribution in [0, 0.1) is 11.7 Å². The normalized spacial score (nSPS) is 16.0. The van der Waals surface area contributed by atoms with Gasteiger partial charge in [0.15, 0.2) is 6.10 Å². The second-order valence-corrected chi connectivity index (χ2v) is 8.49. The van der Waals surface area contributed by atoms with Gasteiger partial charge in [0.2, 0.25) is 0 Å². The fourth-order valence-electron chi connectivity index (χ4n) is 3.07. The predicted octanol–water partition coefficient (Wildman–Crippen LogP) is 3.06. The number of hydrogen-bond acceptors (Lipinski definition) is 5. The zero-order chi connectivity index (χ0) is 22.3. The van der Waals surface area contributed by atoms with Crippen molar-refractivity contribution in [2.75, 3.05) is 19.6 Å². The molecule has 0 aromatic heterocycles. The minimum atomic E-state index is -0.908. The number of ether oxygens (including phenoxy) is 2. The molecule has 0 unspecified atom stereocenters. The molecule has 166 valence electrons. The number of hydrogen-bond donors (Lipinski definition) is 1. The Morgan fingerprint density at radius 1 is 1.17 bits per heavy atom. The second-order valence-electron chi connectivity index (χ2n) is 8.49. The summed E-state index contributed by atoms with van der Waals surface area (Å²) in [6, 6.07) is 6.06. The van der Waals surface area contributed by atoms with Crippen molar-refractivity contribution in [3.05, 3.63) is 35.6 Å². The zero-order valence-corrected chi connectivity index (χ0v) is 18.1. The third-order valence-electron chi connectivity index (χ3n) is 4.77. The summed E-state index contributed by atoms with van der Waals surface area (Å²) in [5.41, 5.74) is 0.338. The molecule has 1 heterocycles. The first kappa shape index (κ1) is 23.6. The Balaban J connectivity index is 1.70. The number of halogens is 1. The number of rotatable bonds is 6. The number of nitrogens with one attached hydrogen (secondary N) is 1. The van der Waals surface area contributed by atoms with Crippen molar-refractivity contribution < 1.29 is 28.2 Å². The Morgan fingerprint density at radius 3 is 2.33 bits per heavy atom. The lowest BCUT2D eigenvalue weighted by Gasteiger charge is -2.32. The Morgan fingerprint density at radius 2 is 1.77 bits per heavy atom. The van der Waals surface area contributed by atoms with E-state index in [0.717, 1.165) is 5.56 Å². The zero-order valence-electron chi connectivity index (χ0n) is 18.1. The number of esters is 1. The van der Waals surface area contributed by atoms with Crippen LogP contribution in [0.15, 0.2) is 24.3 Å². The highest BCUT2D eigenvalue weighted by atomic mass is 19.1. The molecule has 0 saturated carbocycles. The molecule has 1 aromatic rings. The van der Waals surface area contributed by atoms with Crippen molar-refractivity contribution >= 4 is 18.0 Å². The van der Waals surface area contributed by atoms with Gasteiger partial charge in [-0.05, 0) is 64.7 Å². The molecule has 0 spiro atoms. The standard InChI is InChI=1S/C22H31FN2O5/c1-15(19(26)24-12-9-16-5-7-18(23)8-6-16)29-20(27)17-10-13-25(14-11-17)21(28)30-22(2,3)4/h5-8,15,17H,9-14H2,1-4H3,(H,24,26)/t15-/m0/s1. The van der Waals surface area contributed by atoms with Crippen LogP contribution in [0.5, 0.6) is 0 Å². The van der Waals surface area contributed by atoms with Gasteiger partial charge in [-0.15, -0.1) is 0 Å². The predicted molar refractivity (Wildman–Crippen MR) is 109 cm³/mol. The van der Waals surface area contributed by atoms with Gasteiger partial charge in [0, 0.05) is 19.6 Å². The van der Waals surface area contributed by atoms with Gasteiger partial charge in [0.05, 0.1) is 5.92 Å². The van der Waals surface area contributed by atoms with Gasteiger partial charge in [0.25, 0.3) is 5.91 Å². The van der Waals surface area contributed by atoms with Crippen LogP contribution >= 0.6 is 0 Å². The highest BCUT2D eigenvalue weighted by molar-refractivity contribution is 5.84. The lowest BCUT2D eigenvalue weighted by atomic mass is 9.97. The summed E-state index contributed by atoms with van der Waals surface area (Å²) in [4.78, 5) is 38.2. The van der Waals surface area contributed by atoms with Crippen molar-refractivity contribution in [3.63, 3.8) is 0 Å². The molecule has 1 aliphatic rings. The Labute approximate surface area is 176 Å². The van der Waals surface area contributed by atoms with Crippen LogP contribution in [0.2, 0.25) is 0 Å². The first-order chi connectivity index (χ1) is 14.0. The largest absolute Gasteiger partial charge is 0.452 e. The summed E-state index contributed by atoms with van der Waals surface area (Å²) >= 11 is 0. The first-order valence-electron chi connectivity index (χ1n) is 10.3. The second kappa shape index (κ2) is 10.4. The quantitative estimate of drug-likeness (QED) is 0.713. The lowest BCUT2D eigenvalue weighted by Crippen LogP contribution is -2.44. The molecule has 1 aliphatic heterocycles. The van der Waals surface area contributed by atoms with E-state index in [0.29, 0.717) is 38.9 Å². The molecule has 0 bridgehead atoms. The number of nitrogens with zero attached hydrogens (tertiary/aromatic N) is 1. The van der Waals surface area contributed by atoms with Crippen LogP contribution in [-0.4, -0.2) is 54.2 Å². The number of amides is 2. The molecule has 0 aliphatic carbocycles. The smallest absolute Gasteiger partial charge is 0.410 e. The average molecular weight is 422 g/mol. The summed E-state index contributed by atoms with van der Waals surface area (Å²) in [6.45, 7) is 8.13. The maximum absolute atomic E-state index is 12.9. The maximum Gasteiger partial charge on any atom is 0.410 e. The number of carbonyl (C=O) groups excluding carboxylic acids is 3. The highest BCUT2D eigenvalue weighted by Gasteiger charge is 2.32. The molecule has 30 heavy (non-hydrogen) atoms. The van der Waals surface area contributed by atoms with E-state index in [9.17, 15) is 18.8 Å². The molecular formula is C22H31FN2O5. The van der Waals surface area contributed by atoms with E-state index in [1.54, 1.807) is 37.8 Å². The third kappa shape index (κ3) is 7.65. The number of likely N-dealkylation sites (tertiary alicyclic amines) is 1. The SMILES string of the molecule is C[C@H](OC(=O)C1CCN(C(=O)OC(C)(C)C)CC1)C(=O)NCCc1ccc(F)cc1. The van der Waals surface area contributed by atoms with Crippen LogP contribution in [0.4, 0.5) is 9.18 Å². The molecule has 0 radical (unpaired) electrons. The molecule has 8 heteroatoms. The van der Waals surface area contributed by atoms with E-state index in [1.807, 2.05) is 0 Å². The monoisotopic (exact) mass is 422 g/mol. The van der Waals surface area contributed by atoms with Gasteiger partial charge in [0.1, 0.15) is 11.4 Å². The Hall–Kier alpha value is -2.64. The van der Waals surface area contributed by atoms with Crippen LogP contribution in [0.1, 0.15) is 46.1 Å². The molecule has 2 amide bonds. The molecular weight excluding hydrogens is 391 g/mol. The molecule has 1 fully saturated rings. The average Bonchev–Trinajstić information content (AvgIpc) is 2.68. The number of benzene rings is 1. The third-order valence-corrected chi connectivity index (χ3v) is 4.77. The molecule has 7 nitrogen and oxygen atoms in total. The van der Waals surface area contributed by atoms with Gasteiger partial charge < -0.3 is 19.7 Å². The van der Waals surface area contributed by atoms with Gasteiger partial charge in [-0.1, -0.05) is 12.1 Å². The summed E-state index contributed by atoms with van der Waals surface area (Å²) in [7, 11) is 0. The van der Waals surface area contributed by atoms with E-state index in [2.05, 4.69) is 5.32 Å². The summed E-state index contributed by atoms with van der Waals surface area (Å²) < 4.78 is 23.6. The minimum Gasteiger partial charge on any atom is -0.452 e. The van der Waals surface area contributed by atoms with Crippen LogP contribution in [0.25, 0.3) is 0 Å². The highest BCUT2D eigenvalue weighted by Crippen LogP contribution is 2.21. The maximum atomic E-state index is 12.9. The number of piperidine rings is 1. The minimum absolute atomic E-state index is 0.305. The Bertz CT molecular complexity index is 737. The van der Waals surface area contributed by atoms with E-state index in [1.165, 1.54) is 19.1 Å². The fraction of sp³-hybridized carbons (Fsp3) is 0.591. The molecule has 1 aromatic carbocycles. The van der Waals surface area contributed by atoms with Gasteiger partial charge >= 0.3 is 12.1 Å². The summed E-state index contributed by atoms with van der Waals surface area (Å²) in [6.07, 6.45) is 0.196. The molecule has 2 rings (SSSR count). The van der Waals surface area contributed by atoms with Gasteiger partial charge in [-0.25, -0.2) is 9.18 Å². The van der Waals surface area contributed by atoms with Crippen molar-refractivity contribution in [3.8, 4) is 0 Å². The van der Waals surface area contributed by atoms with E-state index >= 15 is 0 Å².